The fourth-order valence-electron chi connectivity index (χ4n) is 1.10. The number of rotatable bonds is 3. The first-order chi connectivity index (χ1) is 10.3. The molecule has 1 aromatic rings. The SMILES string of the molecule is CCS(=O)(=O)c1ccc([N+]#N)c(OC)c1.O=S(=O)([O-])C(F)(F)F. The third-order valence-corrected chi connectivity index (χ3v) is 4.58. The zero-order valence-corrected chi connectivity index (χ0v) is 13.4. The van der Waals surface area contributed by atoms with E-state index >= 15 is 0 Å². The van der Waals surface area contributed by atoms with Crippen molar-refractivity contribution in [2.45, 2.75) is 17.3 Å². The summed E-state index contributed by atoms with van der Waals surface area (Å²) in [6.45, 7) is 1.56. The highest BCUT2D eigenvalue weighted by Crippen LogP contribution is 2.30. The molecule has 0 fully saturated rings. The molecule has 0 aromatic heterocycles. The van der Waals surface area contributed by atoms with Gasteiger partial charge in [-0.2, -0.15) is 13.2 Å². The maximum absolute atomic E-state index is 11.5. The highest BCUT2D eigenvalue weighted by molar-refractivity contribution is 7.91. The third-order valence-electron chi connectivity index (χ3n) is 2.28. The Morgan fingerprint density at radius 1 is 1.26 bits per heavy atom. The summed E-state index contributed by atoms with van der Waals surface area (Å²) in [5.41, 5.74) is -5.44. The smallest absolute Gasteiger partial charge is 0.485 e. The van der Waals surface area contributed by atoms with E-state index in [1.165, 1.54) is 25.3 Å². The van der Waals surface area contributed by atoms with Gasteiger partial charge in [0.2, 0.25) is 11.1 Å². The van der Waals surface area contributed by atoms with Crippen LogP contribution in [0.5, 0.6) is 5.75 Å². The summed E-state index contributed by atoms with van der Waals surface area (Å²) >= 11 is 0. The molecule has 1 rings (SSSR count). The number of nitrogens with zero attached hydrogens (tertiary/aromatic N) is 2. The number of hydrogen-bond acceptors (Lipinski definition) is 7. The second-order valence-electron chi connectivity index (χ2n) is 3.74. The van der Waals surface area contributed by atoms with Crippen LogP contribution in [0.2, 0.25) is 0 Å². The van der Waals surface area contributed by atoms with Crippen LogP contribution in [-0.4, -0.2) is 39.8 Å². The van der Waals surface area contributed by atoms with Crippen molar-refractivity contribution in [2.24, 2.45) is 0 Å². The van der Waals surface area contributed by atoms with E-state index in [1.807, 2.05) is 0 Å². The lowest BCUT2D eigenvalue weighted by molar-refractivity contribution is -0.0517. The summed E-state index contributed by atoms with van der Waals surface area (Å²) in [5.74, 6) is 0.248. The van der Waals surface area contributed by atoms with Gasteiger partial charge in [-0.15, -0.1) is 0 Å². The van der Waals surface area contributed by atoms with Crippen LogP contribution < -0.4 is 4.74 Å². The number of diazo groups is 1. The fourth-order valence-corrected chi connectivity index (χ4v) is 2.00. The van der Waals surface area contributed by atoms with E-state index in [4.69, 9.17) is 23.1 Å². The Morgan fingerprint density at radius 3 is 2.04 bits per heavy atom. The molecule has 130 valence electrons. The number of sulfone groups is 1. The number of ether oxygens (including phenoxy) is 1. The van der Waals surface area contributed by atoms with E-state index in [9.17, 15) is 21.6 Å². The van der Waals surface area contributed by atoms with Gasteiger partial charge in [0, 0.05) is 12.1 Å². The predicted molar refractivity (Wildman–Crippen MR) is 71.2 cm³/mol. The molecule has 0 aliphatic rings. The number of halogens is 3. The molecule has 0 unspecified atom stereocenters. The molecule has 0 N–H and O–H groups in total. The van der Waals surface area contributed by atoms with Crippen LogP contribution in [0, 0.1) is 5.39 Å². The van der Waals surface area contributed by atoms with Crippen molar-refractivity contribution in [1.29, 1.82) is 5.39 Å². The maximum atomic E-state index is 11.5. The minimum atomic E-state index is -6.09. The molecule has 0 heterocycles. The summed E-state index contributed by atoms with van der Waals surface area (Å²) in [6, 6.07) is 4.12. The van der Waals surface area contributed by atoms with Crippen molar-refractivity contribution in [3.8, 4) is 5.75 Å². The van der Waals surface area contributed by atoms with E-state index < -0.39 is 25.5 Å². The quantitative estimate of drug-likeness (QED) is 0.448. The Bertz CT molecular complexity index is 797. The molecule has 0 radical (unpaired) electrons. The summed E-state index contributed by atoms with van der Waals surface area (Å²) in [7, 11) is -7.97. The molecule has 0 aliphatic heterocycles. The van der Waals surface area contributed by atoms with Crippen LogP contribution in [-0.2, 0) is 20.0 Å². The van der Waals surface area contributed by atoms with E-state index in [2.05, 4.69) is 4.98 Å². The van der Waals surface area contributed by atoms with Crippen molar-refractivity contribution in [3.05, 3.63) is 23.2 Å². The second-order valence-corrected chi connectivity index (χ2v) is 7.39. The Hall–Kier alpha value is -1.91. The monoisotopic (exact) mass is 376 g/mol. The van der Waals surface area contributed by atoms with Gasteiger partial charge in [-0.05, 0) is 6.07 Å². The molecule has 1 aromatic carbocycles. The Balaban J connectivity index is 0.000000515. The minimum absolute atomic E-state index is 0.0196. The highest BCUT2D eigenvalue weighted by atomic mass is 32.2. The lowest BCUT2D eigenvalue weighted by atomic mass is 10.3. The Labute approximate surface area is 130 Å². The first-order valence-corrected chi connectivity index (χ1v) is 8.64. The van der Waals surface area contributed by atoms with E-state index in [0.717, 1.165) is 0 Å². The largest absolute Gasteiger partial charge is 0.741 e. The molecule has 8 nitrogen and oxygen atoms in total. The second kappa shape index (κ2) is 7.57. The van der Waals surface area contributed by atoms with Gasteiger partial charge in [0.1, 0.15) is 0 Å². The van der Waals surface area contributed by atoms with Crippen molar-refractivity contribution >= 4 is 25.6 Å². The van der Waals surface area contributed by atoms with E-state index in [1.54, 1.807) is 6.92 Å². The number of alkyl halides is 3. The predicted octanol–water partition coefficient (Wildman–Crippen LogP) is 2.02. The van der Waals surface area contributed by atoms with Gasteiger partial charge < -0.3 is 9.29 Å². The molecule has 23 heavy (non-hydrogen) atoms. The van der Waals surface area contributed by atoms with Crippen molar-refractivity contribution < 1.29 is 39.3 Å². The Morgan fingerprint density at radius 2 is 1.74 bits per heavy atom. The molecular weight excluding hydrogens is 365 g/mol. The van der Waals surface area contributed by atoms with Crippen LogP contribution in [0.15, 0.2) is 23.1 Å². The minimum Gasteiger partial charge on any atom is -0.741 e. The fraction of sp³-hybridized carbons (Fsp3) is 0.400. The van der Waals surface area contributed by atoms with Crippen molar-refractivity contribution in [1.82, 2.24) is 0 Å². The molecule has 0 spiro atoms. The summed E-state index contributed by atoms with van der Waals surface area (Å²) in [4.78, 5) is 3.13. The van der Waals surface area contributed by atoms with Gasteiger partial charge >= 0.3 is 11.2 Å². The van der Waals surface area contributed by atoms with Gasteiger partial charge in [-0.25, -0.2) is 16.8 Å². The van der Waals surface area contributed by atoms with Crippen molar-refractivity contribution in [2.75, 3.05) is 12.9 Å². The standard InChI is InChI=1S/C9H11N2O3S.CHF3O3S/c1-3-15(12,13)7-4-5-8(11-10)9(6-7)14-2;2-1(3,4)8(5,6)7/h4-6H,3H2,1-2H3;(H,5,6,7)/q+1;/p-1. The Kier molecular flexibility index (Phi) is 6.95. The molecule has 0 bridgehead atoms. The first-order valence-electron chi connectivity index (χ1n) is 5.58. The lowest BCUT2D eigenvalue weighted by Crippen LogP contribution is -2.21. The molecule has 0 saturated heterocycles. The normalized spacial score (nSPS) is 11.9. The van der Waals surface area contributed by atoms with Crippen molar-refractivity contribution in [3.63, 3.8) is 0 Å². The molecule has 0 aliphatic carbocycles. The van der Waals surface area contributed by atoms with E-state index in [-0.39, 0.29) is 22.1 Å². The zero-order valence-electron chi connectivity index (χ0n) is 11.7. The van der Waals surface area contributed by atoms with Gasteiger partial charge in [0.25, 0.3) is 0 Å². The lowest BCUT2D eigenvalue weighted by Gasteiger charge is -2.08. The van der Waals surface area contributed by atoms with E-state index in [0.29, 0.717) is 0 Å². The van der Waals surface area contributed by atoms with Crippen LogP contribution >= 0.6 is 0 Å². The molecule has 13 heteroatoms. The summed E-state index contributed by atoms with van der Waals surface area (Å²) in [5, 5.41) is 8.60. The number of hydrogen-bond donors (Lipinski definition) is 0. The van der Waals surface area contributed by atoms with Crippen LogP contribution in [0.4, 0.5) is 18.9 Å². The molecular formula is C10H11F3N2O6S2. The summed E-state index contributed by atoms with van der Waals surface area (Å²) < 4.78 is 86.8. The third kappa shape index (κ3) is 6.00. The molecule has 0 atom stereocenters. The van der Waals surface area contributed by atoms with Crippen LogP contribution in [0.3, 0.4) is 0 Å². The van der Waals surface area contributed by atoms with Crippen LogP contribution in [0.1, 0.15) is 6.92 Å². The average Bonchev–Trinajstić information content (AvgIpc) is 2.45. The highest BCUT2D eigenvalue weighted by Gasteiger charge is 2.36. The zero-order chi connectivity index (χ0) is 18.5. The van der Waals surface area contributed by atoms with Gasteiger partial charge in [-0.1, -0.05) is 6.92 Å². The van der Waals surface area contributed by atoms with Gasteiger partial charge in [0.15, 0.2) is 24.9 Å². The number of benzene rings is 1. The topological polar surface area (TPSA) is 129 Å². The molecule has 0 amide bonds. The van der Waals surface area contributed by atoms with Gasteiger partial charge in [-0.3, -0.25) is 0 Å². The van der Waals surface area contributed by atoms with Gasteiger partial charge in [0.05, 0.1) is 17.8 Å². The summed E-state index contributed by atoms with van der Waals surface area (Å²) in [6.07, 6.45) is 0. The number of methoxy groups -OCH3 is 1. The average molecular weight is 376 g/mol. The first kappa shape index (κ1) is 21.1. The molecule has 0 saturated carbocycles. The van der Waals surface area contributed by atoms with Crippen LogP contribution in [0.25, 0.3) is 4.98 Å². The maximum Gasteiger partial charge on any atom is 0.485 e.